The third kappa shape index (κ3) is 3.67. The molecule has 10 aromatic rings. The van der Waals surface area contributed by atoms with E-state index in [9.17, 15) is 4.79 Å². The molecule has 0 aliphatic heterocycles. The van der Waals surface area contributed by atoms with E-state index in [1.54, 1.807) is 0 Å². The van der Waals surface area contributed by atoms with Gasteiger partial charge in [0.1, 0.15) is 0 Å². The summed E-state index contributed by atoms with van der Waals surface area (Å²) >= 11 is 0. The van der Waals surface area contributed by atoms with Crippen molar-refractivity contribution in [3.8, 4) is 17.1 Å². The van der Waals surface area contributed by atoms with E-state index < -0.39 is 0 Å². The van der Waals surface area contributed by atoms with Crippen molar-refractivity contribution in [2.24, 2.45) is 0 Å². The second kappa shape index (κ2) is 9.80. The first kappa shape index (κ1) is 25.9. The topological polar surface area (TPSA) is 31.9 Å². The van der Waals surface area contributed by atoms with Crippen LogP contribution in [0.1, 0.15) is 0 Å². The van der Waals surface area contributed by atoms with E-state index in [0.29, 0.717) is 5.39 Å². The third-order valence-corrected chi connectivity index (χ3v) is 9.61. The average molecular weight is 602 g/mol. The Morgan fingerprint density at radius 1 is 0.277 bits per heavy atom. The molecule has 0 atom stereocenters. The lowest BCUT2D eigenvalue weighted by Gasteiger charge is -2.15. The van der Waals surface area contributed by atoms with Gasteiger partial charge in [-0.2, -0.15) is 0 Å². The van der Waals surface area contributed by atoms with Gasteiger partial charge in [0.05, 0.1) is 33.0 Å². The van der Waals surface area contributed by atoms with Crippen LogP contribution in [0.5, 0.6) is 0 Å². The van der Waals surface area contributed by atoms with Crippen LogP contribution in [-0.2, 0) is 0 Å². The van der Waals surface area contributed by atoms with Crippen LogP contribution in [0.3, 0.4) is 0 Å². The van der Waals surface area contributed by atoms with Gasteiger partial charge >= 0.3 is 0 Å². The highest BCUT2D eigenvalue weighted by Gasteiger charge is 2.21. The maximum atomic E-state index is 14.9. The van der Waals surface area contributed by atoms with Crippen molar-refractivity contribution < 1.29 is 0 Å². The fourth-order valence-corrected chi connectivity index (χ4v) is 7.59. The fraction of sp³-hybridized carbons (Fsp3) is 0. The second-order valence-corrected chi connectivity index (χ2v) is 12.2. The fourth-order valence-electron chi connectivity index (χ4n) is 7.59. The Balaban J connectivity index is 1.43. The van der Waals surface area contributed by atoms with E-state index in [1.807, 2.05) is 47.0 Å². The zero-order valence-corrected chi connectivity index (χ0v) is 25.3. The van der Waals surface area contributed by atoms with Crippen molar-refractivity contribution in [1.29, 1.82) is 0 Å². The molecule has 3 heterocycles. The standard InChI is InChI=1S/C43H27N3O/c47-43-37-26-40-34(31-20-10-12-22-38(31)44(40)28-14-4-1-5-15-28)24-33(37)36-25-35-32-21-11-13-23-39(32)45(29-16-6-2-7-17-29)41(35)27-42(36)46(43)30-18-8-3-9-19-30/h1-27H. The van der Waals surface area contributed by atoms with E-state index in [2.05, 4.69) is 130 Å². The highest BCUT2D eigenvalue weighted by atomic mass is 16.1. The van der Waals surface area contributed by atoms with Crippen LogP contribution in [0.2, 0.25) is 0 Å². The Morgan fingerprint density at radius 3 is 1.19 bits per heavy atom. The van der Waals surface area contributed by atoms with Crippen LogP contribution in [-0.4, -0.2) is 13.7 Å². The van der Waals surface area contributed by atoms with Gasteiger partial charge in [0.15, 0.2) is 0 Å². The molecule has 0 aliphatic rings. The molecule has 0 unspecified atom stereocenters. The zero-order valence-electron chi connectivity index (χ0n) is 25.3. The molecule has 10 rings (SSSR count). The maximum Gasteiger partial charge on any atom is 0.263 e. The van der Waals surface area contributed by atoms with Crippen molar-refractivity contribution >= 4 is 65.3 Å². The molecule has 0 bridgehead atoms. The first-order valence-electron chi connectivity index (χ1n) is 15.9. The van der Waals surface area contributed by atoms with E-state index in [0.717, 1.165) is 71.6 Å². The number of hydrogen-bond acceptors (Lipinski definition) is 1. The summed E-state index contributed by atoms with van der Waals surface area (Å²) in [6, 6.07) is 56.8. The molecule has 3 aromatic heterocycles. The first-order valence-corrected chi connectivity index (χ1v) is 15.9. The summed E-state index contributed by atoms with van der Waals surface area (Å²) in [4.78, 5) is 14.9. The third-order valence-electron chi connectivity index (χ3n) is 9.61. The SMILES string of the molecule is O=c1c2cc3c(cc2c2cc4c5ccccc5n(-c5ccccc5)c4cc2n1-c1ccccc1)c1ccccc1n3-c1ccccc1. The summed E-state index contributed by atoms with van der Waals surface area (Å²) in [7, 11) is 0. The van der Waals surface area contributed by atoms with Gasteiger partial charge in [-0.3, -0.25) is 9.36 Å². The van der Waals surface area contributed by atoms with Crippen molar-refractivity contribution in [3.05, 3.63) is 174 Å². The first-order chi connectivity index (χ1) is 23.3. The van der Waals surface area contributed by atoms with Gasteiger partial charge in [0.2, 0.25) is 0 Å². The molecule has 7 aromatic carbocycles. The largest absolute Gasteiger partial charge is 0.309 e. The Hall–Kier alpha value is -6.39. The zero-order chi connectivity index (χ0) is 31.1. The number of para-hydroxylation sites is 5. The lowest BCUT2D eigenvalue weighted by Crippen LogP contribution is -2.19. The van der Waals surface area contributed by atoms with Crippen LogP contribution in [0, 0.1) is 0 Å². The molecular weight excluding hydrogens is 574 g/mol. The molecule has 0 saturated heterocycles. The van der Waals surface area contributed by atoms with Crippen molar-refractivity contribution in [2.75, 3.05) is 0 Å². The number of rotatable bonds is 3. The van der Waals surface area contributed by atoms with Crippen LogP contribution in [0.15, 0.2) is 169 Å². The average Bonchev–Trinajstić information content (AvgIpc) is 3.63. The number of aromatic nitrogens is 3. The van der Waals surface area contributed by atoms with Gasteiger partial charge in [-0.1, -0.05) is 91.0 Å². The molecular formula is C43H27N3O. The van der Waals surface area contributed by atoms with Crippen LogP contribution in [0.4, 0.5) is 0 Å². The predicted octanol–water partition coefficient (Wildman–Crippen LogP) is 10.3. The van der Waals surface area contributed by atoms with Gasteiger partial charge in [0, 0.05) is 44.0 Å². The van der Waals surface area contributed by atoms with Gasteiger partial charge in [-0.25, -0.2) is 0 Å². The normalized spacial score (nSPS) is 11.9. The van der Waals surface area contributed by atoms with Crippen molar-refractivity contribution in [2.45, 2.75) is 0 Å². The highest BCUT2D eigenvalue weighted by Crippen LogP contribution is 2.40. The lowest BCUT2D eigenvalue weighted by atomic mass is 10.0. The molecule has 47 heavy (non-hydrogen) atoms. The van der Waals surface area contributed by atoms with Gasteiger partial charge in [-0.15, -0.1) is 0 Å². The molecule has 4 nitrogen and oxygen atoms in total. The second-order valence-electron chi connectivity index (χ2n) is 12.2. The summed E-state index contributed by atoms with van der Waals surface area (Å²) in [6.07, 6.45) is 0. The molecule has 0 N–H and O–H groups in total. The molecule has 0 fully saturated rings. The summed E-state index contributed by atoms with van der Waals surface area (Å²) < 4.78 is 6.48. The monoisotopic (exact) mass is 601 g/mol. The minimum atomic E-state index is -0.0350. The summed E-state index contributed by atoms with van der Waals surface area (Å²) in [5.41, 5.74) is 8.17. The van der Waals surface area contributed by atoms with Gasteiger partial charge in [0.25, 0.3) is 5.56 Å². The Bertz CT molecular complexity index is 2900. The number of benzene rings is 7. The number of nitrogens with zero attached hydrogens (tertiary/aromatic N) is 3. The Labute approximate surface area is 269 Å². The highest BCUT2D eigenvalue weighted by molar-refractivity contribution is 6.21. The number of pyridine rings is 1. The predicted molar refractivity (Wildman–Crippen MR) is 196 cm³/mol. The van der Waals surface area contributed by atoms with E-state index in [1.165, 1.54) is 5.39 Å². The molecule has 0 radical (unpaired) electrons. The number of fused-ring (bicyclic) bond motifs is 9. The molecule has 0 saturated carbocycles. The molecule has 0 amide bonds. The van der Waals surface area contributed by atoms with E-state index >= 15 is 0 Å². The minimum Gasteiger partial charge on any atom is -0.309 e. The number of hydrogen-bond donors (Lipinski definition) is 0. The van der Waals surface area contributed by atoms with E-state index in [4.69, 9.17) is 0 Å². The van der Waals surface area contributed by atoms with Crippen LogP contribution >= 0.6 is 0 Å². The van der Waals surface area contributed by atoms with E-state index in [-0.39, 0.29) is 5.56 Å². The van der Waals surface area contributed by atoms with Crippen molar-refractivity contribution in [1.82, 2.24) is 13.7 Å². The van der Waals surface area contributed by atoms with Gasteiger partial charge in [-0.05, 0) is 78.2 Å². The molecule has 0 spiro atoms. The van der Waals surface area contributed by atoms with Crippen molar-refractivity contribution in [3.63, 3.8) is 0 Å². The smallest absolute Gasteiger partial charge is 0.263 e. The maximum absolute atomic E-state index is 14.9. The summed E-state index contributed by atoms with van der Waals surface area (Å²) in [5.74, 6) is 0. The van der Waals surface area contributed by atoms with Gasteiger partial charge < -0.3 is 9.13 Å². The minimum absolute atomic E-state index is 0.0350. The molecule has 0 aliphatic carbocycles. The lowest BCUT2D eigenvalue weighted by molar-refractivity contribution is 1.06. The molecule has 220 valence electrons. The Morgan fingerprint density at radius 2 is 0.660 bits per heavy atom. The molecule has 4 heteroatoms. The Kier molecular flexibility index (Phi) is 5.40. The summed E-state index contributed by atoms with van der Waals surface area (Å²) in [6.45, 7) is 0. The quantitative estimate of drug-likeness (QED) is 0.185. The summed E-state index contributed by atoms with van der Waals surface area (Å²) in [5, 5.41) is 7.32. The van der Waals surface area contributed by atoms with Crippen LogP contribution in [0.25, 0.3) is 82.3 Å². The van der Waals surface area contributed by atoms with Crippen LogP contribution < -0.4 is 5.56 Å².